The van der Waals surface area contributed by atoms with Gasteiger partial charge in [-0.2, -0.15) is 13.2 Å². The van der Waals surface area contributed by atoms with E-state index in [-0.39, 0.29) is 17.6 Å². The van der Waals surface area contributed by atoms with Gasteiger partial charge in [0, 0.05) is 5.69 Å². The number of anilines is 1. The summed E-state index contributed by atoms with van der Waals surface area (Å²) < 4.78 is 62.5. The molecule has 2 aromatic rings. The van der Waals surface area contributed by atoms with E-state index in [0.29, 0.717) is 0 Å². The lowest BCUT2D eigenvalue weighted by molar-refractivity contribution is -0.139. The van der Waals surface area contributed by atoms with Crippen molar-refractivity contribution in [3.63, 3.8) is 0 Å². The first kappa shape index (κ1) is 19.3. The van der Waals surface area contributed by atoms with E-state index in [1.54, 1.807) is 0 Å². The first-order valence-corrected chi connectivity index (χ1v) is 9.10. The third kappa shape index (κ3) is 4.73. The van der Waals surface area contributed by atoms with Crippen LogP contribution in [0.15, 0.2) is 53.4 Å². The van der Waals surface area contributed by atoms with Crippen LogP contribution in [0.3, 0.4) is 0 Å². The third-order valence-electron chi connectivity index (χ3n) is 3.74. The van der Waals surface area contributed by atoms with Gasteiger partial charge >= 0.3 is 6.18 Å². The van der Waals surface area contributed by atoms with E-state index < -0.39 is 26.7 Å². The Labute approximate surface area is 144 Å². The molecule has 0 aliphatic carbocycles. The summed E-state index contributed by atoms with van der Waals surface area (Å²) in [5, 5.41) is 7.95. The molecule has 0 bridgehead atoms. The van der Waals surface area contributed by atoms with Gasteiger partial charge in [-0.05, 0) is 29.7 Å². The summed E-state index contributed by atoms with van der Waals surface area (Å²) in [6.07, 6.45) is -4.83. The summed E-state index contributed by atoms with van der Waals surface area (Å²) in [4.78, 5) is -0.939. The van der Waals surface area contributed by atoms with E-state index in [0.717, 1.165) is 17.7 Å². The van der Waals surface area contributed by atoms with E-state index in [4.69, 9.17) is 5.14 Å². The van der Waals surface area contributed by atoms with Crippen molar-refractivity contribution in [2.24, 2.45) is 11.1 Å². The van der Waals surface area contributed by atoms with Gasteiger partial charge in [0.25, 0.3) is 0 Å². The van der Waals surface area contributed by atoms with Crippen molar-refractivity contribution in [1.29, 1.82) is 0 Å². The maximum atomic E-state index is 13.2. The van der Waals surface area contributed by atoms with Crippen LogP contribution in [0.5, 0.6) is 0 Å². The van der Waals surface area contributed by atoms with E-state index in [2.05, 4.69) is 5.32 Å². The molecule has 1 unspecified atom stereocenters. The average molecular weight is 372 g/mol. The molecule has 0 heterocycles. The zero-order valence-electron chi connectivity index (χ0n) is 13.7. The number of halogens is 3. The van der Waals surface area contributed by atoms with Crippen LogP contribution in [-0.2, 0) is 16.2 Å². The number of nitrogens with one attached hydrogen (secondary N) is 1. The predicted octanol–water partition coefficient (Wildman–Crippen LogP) is 4.16. The molecular formula is C17H19F3N2O2S. The van der Waals surface area contributed by atoms with Crippen LogP contribution in [0.4, 0.5) is 18.9 Å². The van der Waals surface area contributed by atoms with Crippen molar-refractivity contribution in [3.8, 4) is 0 Å². The topological polar surface area (TPSA) is 72.2 Å². The molecule has 0 saturated carbocycles. The van der Waals surface area contributed by atoms with E-state index in [1.807, 2.05) is 44.2 Å². The average Bonchev–Trinajstić information content (AvgIpc) is 2.51. The highest BCUT2D eigenvalue weighted by Gasteiger charge is 2.36. The molecule has 0 aromatic heterocycles. The number of alkyl halides is 3. The lowest BCUT2D eigenvalue weighted by atomic mass is 9.95. The molecule has 0 aliphatic rings. The van der Waals surface area contributed by atoms with Gasteiger partial charge < -0.3 is 5.32 Å². The highest BCUT2D eigenvalue weighted by Crippen LogP contribution is 2.36. The second-order valence-corrected chi connectivity index (χ2v) is 7.56. The van der Waals surface area contributed by atoms with Crippen molar-refractivity contribution in [3.05, 3.63) is 59.7 Å². The van der Waals surface area contributed by atoms with Crippen LogP contribution in [0.1, 0.15) is 31.0 Å². The second-order valence-electron chi connectivity index (χ2n) is 6.03. The molecule has 25 heavy (non-hydrogen) atoms. The minimum Gasteiger partial charge on any atom is -0.378 e. The fourth-order valence-corrected chi connectivity index (χ4v) is 3.30. The maximum absolute atomic E-state index is 13.2. The Morgan fingerprint density at radius 1 is 1.04 bits per heavy atom. The zero-order valence-corrected chi connectivity index (χ0v) is 14.5. The van der Waals surface area contributed by atoms with Crippen molar-refractivity contribution < 1.29 is 21.6 Å². The van der Waals surface area contributed by atoms with Crippen LogP contribution in [0.25, 0.3) is 0 Å². The molecule has 0 fully saturated rings. The fraction of sp³-hybridized carbons (Fsp3) is 0.294. The van der Waals surface area contributed by atoms with Gasteiger partial charge in [0.05, 0.1) is 16.5 Å². The summed E-state index contributed by atoms with van der Waals surface area (Å²) in [5.74, 6) is 0.0923. The lowest BCUT2D eigenvalue weighted by Gasteiger charge is -2.25. The molecule has 8 heteroatoms. The van der Waals surface area contributed by atoms with Crippen LogP contribution in [0, 0.1) is 5.92 Å². The molecule has 3 N–H and O–H groups in total. The van der Waals surface area contributed by atoms with Gasteiger partial charge in [-0.15, -0.1) is 0 Å². The number of primary sulfonamides is 1. The molecule has 136 valence electrons. The highest BCUT2D eigenvalue weighted by atomic mass is 32.2. The molecule has 0 spiro atoms. The molecule has 0 saturated heterocycles. The minimum absolute atomic E-state index is 0.0923. The van der Waals surface area contributed by atoms with Crippen LogP contribution >= 0.6 is 0 Å². The third-order valence-corrected chi connectivity index (χ3v) is 4.71. The molecule has 0 amide bonds. The van der Waals surface area contributed by atoms with Gasteiger partial charge in [0.1, 0.15) is 0 Å². The largest absolute Gasteiger partial charge is 0.417 e. The van der Waals surface area contributed by atoms with Gasteiger partial charge in [-0.1, -0.05) is 44.2 Å². The number of nitrogens with two attached hydrogens (primary N) is 1. The van der Waals surface area contributed by atoms with Crippen LogP contribution in [-0.4, -0.2) is 8.42 Å². The van der Waals surface area contributed by atoms with Gasteiger partial charge in [-0.25, -0.2) is 13.6 Å². The summed E-state index contributed by atoms with van der Waals surface area (Å²) in [5.41, 5.74) is -0.195. The van der Waals surface area contributed by atoms with Crippen molar-refractivity contribution >= 4 is 15.7 Å². The number of rotatable bonds is 5. The molecule has 1 atom stereocenters. The Hall–Kier alpha value is -2.06. The minimum atomic E-state index is -4.83. The smallest absolute Gasteiger partial charge is 0.378 e. The number of hydrogen-bond donors (Lipinski definition) is 2. The maximum Gasteiger partial charge on any atom is 0.417 e. The summed E-state index contributed by atoms with van der Waals surface area (Å²) in [6.45, 7) is 3.88. The Kier molecular flexibility index (Phi) is 5.43. The van der Waals surface area contributed by atoms with Gasteiger partial charge in [0.15, 0.2) is 0 Å². The number of benzene rings is 2. The molecule has 2 aromatic carbocycles. The first-order valence-electron chi connectivity index (χ1n) is 7.55. The van der Waals surface area contributed by atoms with Crippen molar-refractivity contribution in [1.82, 2.24) is 0 Å². The van der Waals surface area contributed by atoms with E-state index in [9.17, 15) is 21.6 Å². The molecular weight excluding hydrogens is 353 g/mol. The SMILES string of the molecule is CC(C)C(Nc1ccc(S(N)(=O)=O)c(C(F)(F)F)c1)c1ccccc1. The molecule has 0 aliphatic heterocycles. The Balaban J connectivity index is 2.46. The quantitative estimate of drug-likeness (QED) is 0.828. The molecule has 2 rings (SSSR count). The summed E-state index contributed by atoms with van der Waals surface area (Å²) >= 11 is 0. The Bertz CT molecular complexity index is 835. The number of hydrogen-bond acceptors (Lipinski definition) is 3. The predicted molar refractivity (Wildman–Crippen MR) is 90.5 cm³/mol. The van der Waals surface area contributed by atoms with Crippen molar-refractivity contribution in [2.75, 3.05) is 5.32 Å². The first-order chi connectivity index (χ1) is 11.5. The van der Waals surface area contributed by atoms with Crippen LogP contribution in [0.2, 0.25) is 0 Å². The molecule has 0 radical (unpaired) electrons. The summed E-state index contributed by atoms with van der Waals surface area (Å²) in [6, 6.07) is 12.0. The molecule has 4 nitrogen and oxygen atoms in total. The normalized spacial score (nSPS) is 13.7. The van der Waals surface area contributed by atoms with Crippen molar-refractivity contribution in [2.45, 2.75) is 31.0 Å². The van der Waals surface area contributed by atoms with E-state index in [1.165, 1.54) is 6.07 Å². The van der Waals surface area contributed by atoms with Gasteiger partial charge in [-0.3, -0.25) is 0 Å². The number of sulfonamides is 1. The second kappa shape index (κ2) is 7.05. The summed E-state index contributed by atoms with van der Waals surface area (Å²) in [7, 11) is -4.48. The standard InChI is InChI=1S/C17H19F3N2O2S/c1-11(2)16(12-6-4-3-5-7-12)22-13-8-9-15(25(21,23)24)14(10-13)17(18,19)20/h3-11,16,22H,1-2H3,(H2,21,23,24). The lowest BCUT2D eigenvalue weighted by Crippen LogP contribution is -2.21. The fourth-order valence-electron chi connectivity index (χ4n) is 2.56. The highest BCUT2D eigenvalue weighted by molar-refractivity contribution is 7.89. The Morgan fingerprint density at radius 3 is 2.12 bits per heavy atom. The zero-order chi connectivity index (χ0) is 18.8. The van der Waals surface area contributed by atoms with Gasteiger partial charge in [0.2, 0.25) is 10.0 Å². The van der Waals surface area contributed by atoms with Crippen LogP contribution < -0.4 is 10.5 Å². The van der Waals surface area contributed by atoms with E-state index >= 15 is 0 Å². The monoisotopic (exact) mass is 372 g/mol. The Morgan fingerprint density at radius 2 is 1.64 bits per heavy atom.